The summed E-state index contributed by atoms with van der Waals surface area (Å²) in [5.41, 5.74) is 0.838. The number of hydrogen-bond donors (Lipinski definition) is 1. The molecule has 1 heterocycles. The number of carbonyl (C=O) groups is 1. The highest BCUT2D eigenvalue weighted by atomic mass is 32.2. The molecule has 1 amide bonds. The van der Waals surface area contributed by atoms with E-state index in [1.807, 2.05) is 6.92 Å². The summed E-state index contributed by atoms with van der Waals surface area (Å²) >= 11 is 1.09. The van der Waals surface area contributed by atoms with E-state index < -0.39 is 22.5 Å². The topological polar surface area (TPSA) is 84.9 Å². The number of hydrogen-bond acceptors (Lipinski definition) is 6. The van der Waals surface area contributed by atoms with Gasteiger partial charge in [0.15, 0.2) is 0 Å². The Balaban J connectivity index is 1.90. The van der Waals surface area contributed by atoms with E-state index in [4.69, 9.17) is 9.47 Å². The van der Waals surface area contributed by atoms with Crippen molar-refractivity contribution in [2.24, 2.45) is 0 Å². The SMILES string of the molecule is CCOc1ccccc1NC(=O)CN(c1ccc(OC)cc1)S(=O)(=O)c1cccs1. The smallest absolute Gasteiger partial charge is 0.274 e. The fraction of sp³-hybridized carbons (Fsp3) is 0.190. The van der Waals surface area contributed by atoms with Crippen LogP contribution in [0.25, 0.3) is 0 Å². The Kier molecular flexibility index (Phi) is 6.96. The number of nitrogens with one attached hydrogen (secondary N) is 1. The summed E-state index contributed by atoms with van der Waals surface area (Å²) < 4.78 is 38.3. The molecule has 1 aromatic heterocycles. The van der Waals surface area contributed by atoms with Crippen LogP contribution in [0.3, 0.4) is 0 Å². The minimum atomic E-state index is -3.92. The molecule has 3 rings (SSSR count). The predicted octanol–water partition coefficient (Wildman–Crippen LogP) is 3.99. The Bertz CT molecular complexity index is 1080. The average Bonchev–Trinajstić information content (AvgIpc) is 3.30. The summed E-state index contributed by atoms with van der Waals surface area (Å²) in [6.45, 7) is 1.89. The summed E-state index contributed by atoms with van der Waals surface area (Å²) in [6, 6.07) is 16.7. The molecule has 158 valence electrons. The molecule has 2 aromatic carbocycles. The minimum absolute atomic E-state index is 0.154. The first-order chi connectivity index (χ1) is 14.5. The van der Waals surface area contributed by atoms with E-state index in [1.165, 1.54) is 13.2 Å². The van der Waals surface area contributed by atoms with Crippen LogP contribution in [0.1, 0.15) is 6.92 Å². The molecule has 0 fully saturated rings. The molecule has 0 spiro atoms. The number of sulfonamides is 1. The molecule has 0 aliphatic rings. The van der Waals surface area contributed by atoms with Crippen LogP contribution in [0.2, 0.25) is 0 Å². The van der Waals surface area contributed by atoms with Gasteiger partial charge in [-0.2, -0.15) is 0 Å². The molecule has 0 aliphatic carbocycles. The third-order valence-electron chi connectivity index (χ3n) is 4.15. The van der Waals surface area contributed by atoms with Crippen molar-refractivity contribution in [2.75, 3.05) is 29.9 Å². The number of para-hydroxylation sites is 2. The summed E-state index contributed by atoms with van der Waals surface area (Å²) in [6.07, 6.45) is 0. The molecule has 0 bridgehead atoms. The summed E-state index contributed by atoms with van der Waals surface area (Å²) in [4.78, 5) is 12.8. The van der Waals surface area contributed by atoms with Crippen LogP contribution < -0.4 is 19.1 Å². The van der Waals surface area contributed by atoms with Crippen molar-refractivity contribution in [3.63, 3.8) is 0 Å². The van der Waals surface area contributed by atoms with Crippen molar-refractivity contribution in [2.45, 2.75) is 11.1 Å². The summed E-state index contributed by atoms with van der Waals surface area (Å²) in [5, 5.41) is 4.42. The van der Waals surface area contributed by atoms with Gasteiger partial charge in [0.05, 0.1) is 25.1 Å². The van der Waals surface area contributed by atoms with E-state index >= 15 is 0 Å². The third-order valence-corrected chi connectivity index (χ3v) is 7.29. The van der Waals surface area contributed by atoms with Gasteiger partial charge in [0.25, 0.3) is 10.0 Å². The molecule has 9 heteroatoms. The van der Waals surface area contributed by atoms with E-state index in [1.54, 1.807) is 60.0 Å². The second-order valence-electron chi connectivity index (χ2n) is 6.12. The van der Waals surface area contributed by atoms with Gasteiger partial charge in [-0.25, -0.2) is 8.42 Å². The van der Waals surface area contributed by atoms with Gasteiger partial charge >= 0.3 is 0 Å². The molecule has 30 heavy (non-hydrogen) atoms. The Morgan fingerprint density at radius 1 is 1.07 bits per heavy atom. The Morgan fingerprint density at radius 2 is 1.80 bits per heavy atom. The summed E-state index contributed by atoms with van der Waals surface area (Å²) in [7, 11) is -2.39. The molecular formula is C21H22N2O5S2. The first-order valence-electron chi connectivity index (χ1n) is 9.17. The molecule has 7 nitrogen and oxygen atoms in total. The quantitative estimate of drug-likeness (QED) is 0.537. The number of ether oxygens (including phenoxy) is 2. The number of benzene rings is 2. The van der Waals surface area contributed by atoms with Crippen LogP contribution in [0, 0.1) is 0 Å². The predicted molar refractivity (Wildman–Crippen MR) is 118 cm³/mol. The highest BCUT2D eigenvalue weighted by Gasteiger charge is 2.28. The molecule has 1 N–H and O–H groups in total. The third kappa shape index (κ3) is 4.92. The number of amides is 1. The lowest BCUT2D eigenvalue weighted by molar-refractivity contribution is -0.114. The molecule has 0 atom stereocenters. The molecule has 0 radical (unpaired) electrons. The van der Waals surface area contributed by atoms with Crippen LogP contribution in [0.5, 0.6) is 11.5 Å². The van der Waals surface area contributed by atoms with Crippen LogP contribution in [-0.4, -0.2) is 34.6 Å². The van der Waals surface area contributed by atoms with Crippen molar-refractivity contribution >= 4 is 38.6 Å². The van der Waals surface area contributed by atoms with Crippen molar-refractivity contribution in [1.82, 2.24) is 0 Å². The van der Waals surface area contributed by atoms with E-state index in [2.05, 4.69) is 5.32 Å². The zero-order valence-corrected chi connectivity index (χ0v) is 18.2. The van der Waals surface area contributed by atoms with E-state index in [0.29, 0.717) is 29.5 Å². The lowest BCUT2D eigenvalue weighted by Crippen LogP contribution is -2.37. The lowest BCUT2D eigenvalue weighted by Gasteiger charge is -2.23. The van der Waals surface area contributed by atoms with E-state index in [9.17, 15) is 13.2 Å². The highest BCUT2D eigenvalue weighted by Crippen LogP contribution is 2.29. The Hall–Kier alpha value is -3.04. The molecule has 0 saturated carbocycles. The minimum Gasteiger partial charge on any atom is -0.497 e. The molecule has 3 aromatic rings. The Labute approximate surface area is 179 Å². The van der Waals surface area contributed by atoms with E-state index in [-0.39, 0.29) is 4.21 Å². The van der Waals surface area contributed by atoms with Gasteiger partial charge in [-0.3, -0.25) is 9.10 Å². The van der Waals surface area contributed by atoms with Crippen LogP contribution >= 0.6 is 11.3 Å². The van der Waals surface area contributed by atoms with Gasteiger partial charge in [-0.05, 0) is 54.8 Å². The zero-order chi connectivity index (χ0) is 21.6. The maximum absolute atomic E-state index is 13.2. The maximum Gasteiger partial charge on any atom is 0.274 e. The van der Waals surface area contributed by atoms with Crippen LogP contribution in [0.4, 0.5) is 11.4 Å². The largest absolute Gasteiger partial charge is 0.497 e. The molecule has 0 saturated heterocycles. The van der Waals surface area contributed by atoms with Gasteiger partial charge in [0.2, 0.25) is 5.91 Å². The van der Waals surface area contributed by atoms with Gasteiger partial charge in [-0.1, -0.05) is 18.2 Å². The molecule has 0 unspecified atom stereocenters. The fourth-order valence-electron chi connectivity index (χ4n) is 2.75. The maximum atomic E-state index is 13.2. The van der Waals surface area contributed by atoms with Gasteiger partial charge in [-0.15, -0.1) is 11.3 Å². The van der Waals surface area contributed by atoms with Crippen LogP contribution in [-0.2, 0) is 14.8 Å². The van der Waals surface area contributed by atoms with Crippen molar-refractivity contribution in [1.29, 1.82) is 0 Å². The standard InChI is InChI=1S/C21H22N2O5S2/c1-3-28-19-8-5-4-7-18(19)22-20(24)15-23(16-10-12-17(27-2)13-11-16)30(25,26)21-9-6-14-29-21/h4-14H,3,15H2,1-2H3,(H,22,24). The number of thiophene rings is 1. The number of methoxy groups -OCH3 is 1. The van der Waals surface area contributed by atoms with Crippen LogP contribution in [0.15, 0.2) is 70.3 Å². The second-order valence-corrected chi connectivity index (χ2v) is 9.16. The molecular weight excluding hydrogens is 424 g/mol. The number of carbonyl (C=O) groups excluding carboxylic acids is 1. The second kappa shape index (κ2) is 9.64. The number of anilines is 2. The first kappa shape index (κ1) is 21.7. The average molecular weight is 447 g/mol. The highest BCUT2D eigenvalue weighted by molar-refractivity contribution is 7.94. The van der Waals surface area contributed by atoms with Gasteiger partial charge < -0.3 is 14.8 Å². The number of rotatable bonds is 9. The fourth-order valence-corrected chi connectivity index (χ4v) is 5.28. The first-order valence-corrected chi connectivity index (χ1v) is 11.5. The number of nitrogens with zero attached hydrogens (tertiary/aromatic N) is 1. The van der Waals surface area contributed by atoms with E-state index in [0.717, 1.165) is 15.6 Å². The van der Waals surface area contributed by atoms with Crippen molar-refractivity contribution in [3.8, 4) is 11.5 Å². The van der Waals surface area contributed by atoms with Crippen molar-refractivity contribution in [3.05, 3.63) is 66.0 Å². The Morgan fingerprint density at radius 3 is 2.43 bits per heavy atom. The normalized spacial score (nSPS) is 11.0. The van der Waals surface area contributed by atoms with Crippen molar-refractivity contribution < 1.29 is 22.7 Å². The zero-order valence-electron chi connectivity index (χ0n) is 16.6. The molecule has 0 aliphatic heterocycles. The summed E-state index contributed by atoms with van der Waals surface area (Å²) in [5.74, 6) is 0.617. The monoisotopic (exact) mass is 446 g/mol. The lowest BCUT2D eigenvalue weighted by atomic mass is 10.3. The van der Waals surface area contributed by atoms with Gasteiger partial charge in [0.1, 0.15) is 22.3 Å². The van der Waals surface area contributed by atoms with Gasteiger partial charge in [0, 0.05) is 0 Å².